The van der Waals surface area contributed by atoms with Crippen molar-refractivity contribution in [3.8, 4) is 0 Å². The third kappa shape index (κ3) is 5.50. The van der Waals surface area contributed by atoms with Crippen molar-refractivity contribution in [3.63, 3.8) is 0 Å². The first-order valence-electron chi connectivity index (χ1n) is 4.92. The van der Waals surface area contributed by atoms with Gasteiger partial charge in [0.15, 0.2) is 0 Å². The van der Waals surface area contributed by atoms with Crippen molar-refractivity contribution in [3.05, 3.63) is 29.6 Å². The van der Waals surface area contributed by atoms with Gasteiger partial charge in [-0.25, -0.2) is 9.78 Å². The molecule has 1 heterocycles. The molecule has 0 bridgehead atoms. The summed E-state index contributed by atoms with van der Waals surface area (Å²) in [7, 11) is 0. The minimum absolute atomic E-state index is 0. The molecular formula is C11H17CaNO2. The predicted molar refractivity (Wildman–Crippen MR) is 63.0 cm³/mol. The van der Waals surface area contributed by atoms with E-state index in [0.29, 0.717) is 0 Å². The summed E-state index contributed by atoms with van der Waals surface area (Å²) >= 11 is 0. The van der Waals surface area contributed by atoms with Gasteiger partial charge in [-0.15, -0.1) is 0 Å². The second-order valence-corrected chi connectivity index (χ2v) is 3.31. The van der Waals surface area contributed by atoms with Crippen molar-refractivity contribution in [2.24, 2.45) is 0 Å². The first-order valence-corrected chi connectivity index (χ1v) is 4.92. The van der Waals surface area contributed by atoms with Crippen molar-refractivity contribution < 1.29 is 9.90 Å². The number of aryl methyl sites for hydroxylation is 1. The number of rotatable bonds is 5. The summed E-state index contributed by atoms with van der Waals surface area (Å²) in [6, 6.07) is 3.40. The molecule has 3 nitrogen and oxygen atoms in total. The normalized spacial score (nSPS) is 9.40. The molecule has 0 radical (unpaired) electrons. The van der Waals surface area contributed by atoms with Gasteiger partial charge >= 0.3 is 43.7 Å². The van der Waals surface area contributed by atoms with Crippen LogP contribution in [0.4, 0.5) is 0 Å². The van der Waals surface area contributed by atoms with Gasteiger partial charge in [-0.1, -0.05) is 25.8 Å². The Balaban J connectivity index is 0.00000196. The zero-order valence-electron chi connectivity index (χ0n) is 8.36. The Kier molecular flexibility index (Phi) is 8.02. The van der Waals surface area contributed by atoms with Crippen LogP contribution < -0.4 is 0 Å². The number of carboxylic acid groups (broad SMARTS) is 1. The van der Waals surface area contributed by atoms with E-state index < -0.39 is 5.97 Å². The van der Waals surface area contributed by atoms with Crippen molar-refractivity contribution in [1.82, 2.24) is 4.98 Å². The Labute approximate surface area is 120 Å². The average Bonchev–Trinajstić information content (AvgIpc) is 2.19. The van der Waals surface area contributed by atoms with Gasteiger partial charge < -0.3 is 5.11 Å². The zero-order valence-corrected chi connectivity index (χ0v) is 8.36. The Morgan fingerprint density at radius 3 is 2.60 bits per heavy atom. The molecule has 0 atom stereocenters. The summed E-state index contributed by atoms with van der Waals surface area (Å²) in [4.78, 5) is 14.4. The topological polar surface area (TPSA) is 50.2 Å². The number of hydrogen-bond donors (Lipinski definition) is 1. The molecule has 80 valence electrons. The van der Waals surface area contributed by atoms with Crippen molar-refractivity contribution in [2.45, 2.75) is 32.6 Å². The molecule has 4 heteroatoms. The van der Waals surface area contributed by atoms with Gasteiger partial charge in [0.1, 0.15) is 5.69 Å². The quantitative estimate of drug-likeness (QED) is 0.623. The number of unbranched alkanes of at least 4 members (excludes halogenated alkanes) is 2. The van der Waals surface area contributed by atoms with Crippen LogP contribution in [-0.4, -0.2) is 53.8 Å². The van der Waals surface area contributed by atoms with Crippen LogP contribution in [0.1, 0.15) is 42.2 Å². The molecule has 0 saturated carbocycles. The molecule has 0 amide bonds. The molecule has 0 aliphatic heterocycles. The molecule has 1 rings (SSSR count). The summed E-state index contributed by atoms with van der Waals surface area (Å²) in [5.74, 6) is -0.967. The maximum absolute atomic E-state index is 10.5. The first kappa shape index (κ1) is 14.9. The van der Waals surface area contributed by atoms with Crippen LogP contribution in [0, 0.1) is 0 Å². The molecule has 1 N–H and O–H groups in total. The second-order valence-electron chi connectivity index (χ2n) is 3.31. The van der Waals surface area contributed by atoms with Crippen LogP contribution in [0.5, 0.6) is 0 Å². The minimum atomic E-state index is -0.967. The Bertz CT molecular complexity index is 298. The molecule has 0 aliphatic rings. The summed E-state index contributed by atoms with van der Waals surface area (Å²) in [5.41, 5.74) is 1.23. The first-order chi connectivity index (χ1) is 6.74. The second kappa shape index (κ2) is 8.08. The Hall–Kier alpha value is -0.120. The number of carboxylic acids is 1. The van der Waals surface area contributed by atoms with E-state index in [1.165, 1.54) is 12.8 Å². The van der Waals surface area contributed by atoms with E-state index in [-0.39, 0.29) is 43.4 Å². The Morgan fingerprint density at radius 2 is 2.13 bits per heavy atom. The number of nitrogens with zero attached hydrogens (tertiary/aromatic N) is 1. The average molecular weight is 235 g/mol. The standard InChI is InChI=1S/C11H15NO2.Ca.2H/c1-2-3-4-5-9-6-7-10(11(13)14)12-8-9;;;/h6-8H,2-5H2,1H3,(H,13,14);;;. The Morgan fingerprint density at radius 1 is 1.40 bits per heavy atom. The molecule has 0 aromatic carbocycles. The van der Waals surface area contributed by atoms with Crippen molar-refractivity contribution in [1.29, 1.82) is 0 Å². The molecule has 1 aromatic heterocycles. The molecule has 0 spiro atoms. The van der Waals surface area contributed by atoms with E-state index in [4.69, 9.17) is 5.11 Å². The van der Waals surface area contributed by atoms with Crippen molar-refractivity contribution >= 4 is 43.7 Å². The van der Waals surface area contributed by atoms with Gasteiger partial charge in [-0.3, -0.25) is 0 Å². The summed E-state index contributed by atoms with van der Waals surface area (Å²) < 4.78 is 0. The van der Waals surface area contributed by atoms with Crippen LogP contribution in [-0.2, 0) is 6.42 Å². The zero-order chi connectivity index (χ0) is 10.4. The number of hydrogen-bond acceptors (Lipinski definition) is 2. The SMILES string of the molecule is CCCCCc1ccc(C(=O)O)nc1.[CaH2]. The van der Waals surface area contributed by atoms with Crippen LogP contribution in [0.25, 0.3) is 0 Å². The van der Waals surface area contributed by atoms with E-state index in [1.807, 2.05) is 6.07 Å². The van der Waals surface area contributed by atoms with Gasteiger partial charge in [-0.05, 0) is 24.5 Å². The number of aromatic nitrogens is 1. The molecule has 15 heavy (non-hydrogen) atoms. The monoisotopic (exact) mass is 235 g/mol. The summed E-state index contributed by atoms with van der Waals surface area (Å²) in [6.45, 7) is 2.16. The fraction of sp³-hybridized carbons (Fsp3) is 0.455. The fourth-order valence-corrected chi connectivity index (χ4v) is 1.28. The fourth-order valence-electron chi connectivity index (χ4n) is 1.28. The van der Waals surface area contributed by atoms with Crippen LogP contribution in [0.2, 0.25) is 0 Å². The molecular weight excluding hydrogens is 218 g/mol. The molecule has 0 fully saturated rings. The van der Waals surface area contributed by atoms with Gasteiger partial charge in [-0.2, -0.15) is 0 Å². The maximum atomic E-state index is 10.5. The molecule has 0 saturated heterocycles. The predicted octanol–water partition coefficient (Wildman–Crippen LogP) is 1.60. The van der Waals surface area contributed by atoms with Gasteiger partial charge in [0, 0.05) is 6.20 Å². The third-order valence-electron chi connectivity index (χ3n) is 2.11. The van der Waals surface area contributed by atoms with Gasteiger partial charge in [0.2, 0.25) is 0 Å². The summed E-state index contributed by atoms with van der Waals surface area (Å²) in [5, 5.41) is 8.63. The number of carbonyl (C=O) groups is 1. The van der Waals surface area contributed by atoms with E-state index in [2.05, 4.69) is 11.9 Å². The van der Waals surface area contributed by atoms with Crippen LogP contribution in [0.15, 0.2) is 18.3 Å². The summed E-state index contributed by atoms with van der Waals surface area (Å²) in [6.07, 6.45) is 6.19. The van der Waals surface area contributed by atoms with E-state index >= 15 is 0 Å². The van der Waals surface area contributed by atoms with Crippen LogP contribution >= 0.6 is 0 Å². The van der Waals surface area contributed by atoms with E-state index in [1.54, 1.807) is 12.3 Å². The number of pyridine rings is 1. The van der Waals surface area contributed by atoms with Gasteiger partial charge in [0.05, 0.1) is 0 Å². The van der Waals surface area contributed by atoms with E-state index in [0.717, 1.165) is 18.4 Å². The third-order valence-corrected chi connectivity index (χ3v) is 2.11. The molecule has 0 aliphatic carbocycles. The van der Waals surface area contributed by atoms with E-state index in [9.17, 15) is 4.79 Å². The van der Waals surface area contributed by atoms with Crippen molar-refractivity contribution in [2.75, 3.05) is 0 Å². The number of aromatic carboxylic acids is 1. The van der Waals surface area contributed by atoms with Crippen LogP contribution in [0.3, 0.4) is 0 Å². The molecule has 0 unspecified atom stereocenters. The van der Waals surface area contributed by atoms with Gasteiger partial charge in [0.25, 0.3) is 0 Å². The molecule has 1 aromatic rings.